The molecule has 0 fully saturated rings. The number of ether oxygens (including phenoxy) is 1. The van der Waals surface area contributed by atoms with Crippen LogP contribution in [0, 0.1) is 0 Å². The second-order valence-electron chi connectivity index (χ2n) is 5.50. The number of rotatable bonds is 11. The van der Waals surface area contributed by atoms with Gasteiger partial charge in [-0.2, -0.15) is 0 Å². The lowest BCUT2D eigenvalue weighted by Crippen LogP contribution is -2.05. The Morgan fingerprint density at radius 2 is 1.64 bits per heavy atom. The molecule has 0 saturated heterocycles. The summed E-state index contributed by atoms with van der Waals surface area (Å²) in [4.78, 5) is 11.7. The van der Waals surface area contributed by atoms with Crippen molar-refractivity contribution >= 4 is 5.97 Å². The van der Waals surface area contributed by atoms with Crippen molar-refractivity contribution in [1.82, 2.24) is 0 Å². The quantitative estimate of drug-likeness (QED) is 0.345. The summed E-state index contributed by atoms with van der Waals surface area (Å²) in [6.45, 7) is 2.63. The summed E-state index contributed by atoms with van der Waals surface area (Å²) < 4.78 is 5.17. The van der Waals surface area contributed by atoms with E-state index in [1.54, 1.807) is 12.1 Å². The lowest BCUT2D eigenvalue weighted by molar-refractivity contribution is 0.0511. The van der Waals surface area contributed by atoms with E-state index in [4.69, 9.17) is 9.84 Å². The van der Waals surface area contributed by atoms with Gasteiger partial charge in [-0.1, -0.05) is 51.2 Å². The molecule has 0 heterocycles. The summed E-state index contributed by atoms with van der Waals surface area (Å²) in [5.41, 5.74) is 0.467. The van der Waals surface area contributed by atoms with E-state index in [-0.39, 0.29) is 11.7 Å². The first-order chi connectivity index (χ1) is 10.7. The third-order valence-electron chi connectivity index (χ3n) is 3.51. The Bertz CT molecular complexity index is 434. The summed E-state index contributed by atoms with van der Waals surface area (Å²) in [6.07, 6.45) is 14.0. The second-order valence-corrected chi connectivity index (χ2v) is 5.50. The molecule has 3 nitrogen and oxygen atoms in total. The number of carbonyl (C=O) groups excluding carboxylic acids is 1. The van der Waals surface area contributed by atoms with Gasteiger partial charge < -0.3 is 9.84 Å². The summed E-state index contributed by atoms with van der Waals surface area (Å²) in [5.74, 6) is -0.196. The van der Waals surface area contributed by atoms with Crippen LogP contribution in [0.15, 0.2) is 36.4 Å². The van der Waals surface area contributed by atoms with E-state index in [2.05, 4.69) is 19.1 Å². The van der Waals surface area contributed by atoms with E-state index < -0.39 is 0 Å². The third-order valence-corrected chi connectivity index (χ3v) is 3.51. The lowest BCUT2D eigenvalue weighted by atomic mass is 10.1. The molecule has 0 aliphatic heterocycles. The van der Waals surface area contributed by atoms with Gasteiger partial charge in [0.2, 0.25) is 0 Å². The van der Waals surface area contributed by atoms with Crippen molar-refractivity contribution in [2.75, 3.05) is 6.61 Å². The number of carbonyl (C=O) groups is 1. The number of allylic oxidation sites excluding steroid dienone is 1. The van der Waals surface area contributed by atoms with Crippen molar-refractivity contribution in [1.29, 1.82) is 0 Å². The molecule has 0 aromatic heterocycles. The Kier molecular flexibility index (Phi) is 9.84. The first-order valence-corrected chi connectivity index (χ1v) is 8.35. The van der Waals surface area contributed by atoms with Crippen molar-refractivity contribution in [2.24, 2.45) is 0 Å². The van der Waals surface area contributed by atoms with Crippen LogP contribution in [0.5, 0.6) is 5.75 Å². The highest BCUT2D eigenvalue weighted by Gasteiger charge is 2.05. The fourth-order valence-electron chi connectivity index (χ4n) is 2.18. The van der Waals surface area contributed by atoms with E-state index in [0.717, 1.165) is 12.8 Å². The second kappa shape index (κ2) is 11.8. The maximum absolute atomic E-state index is 11.7. The van der Waals surface area contributed by atoms with Crippen molar-refractivity contribution in [2.45, 2.75) is 58.3 Å². The predicted octanol–water partition coefficient (Wildman–Crippen LogP) is 5.25. The molecule has 0 amide bonds. The minimum absolute atomic E-state index is 0.147. The molecule has 22 heavy (non-hydrogen) atoms. The molecule has 122 valence electrons. The van der Waals surface area contributed by atoms with Gasteiger partial charge in [-0.15, -0.1) is 0 Å². The van der Waals surface area contributed by atoms with E-state index in [1.807, 2.05) is 0 Å². The molecule has 0 spiro atoms. The van der Waals surface area contributed by atoms with Gasteiger partial charge in [0.25, 0.3) is 0 Å². The number of hydrogen-bond donors (Lipinski definition) is 1. The van der Waals surface area contributed by atoms with Gasteiger partial charge in [0.1, 0.15) is 5.75 Å². The number of phenols is 1. The van der Waals surface area contributed by atoms with Gasteiger partial charge in [0.05, 0.1) is 12.2 Å². The maximum Gasteiger partial charge on any atom is 0.338 e. The standard InChI is InChI=1S/C19H28O3/c1-2-3-4-5-6-7-8-9-10-11-16-22-19(21)17-12-14-18(20)15-13-17/h9-10,12-15,20H,2-8,11,16H2,1H3/b10-9+. The molecule has 3 heteroatoms. The molecule has 0 bridgehead atoms. The molecule has 0 saturated carbocycles. The smallest absolute Gasteiger partial charge is 0.338 e. The van der Waals surface area contributed by atoms with Crippen LogP contribution in [0.1, 0.15) is 68.6 Å². The Hall–Kier alpha value is -1.77. The summed E-state index contributed by atoms with van der Waals surface area (Å²) in [5, 5.41) is 9.15. The van der Waals surface area contributed by atoms with Gasteiger partial charge in [0.15, 0.2) is 0 Å². The van der Waals surface area contributed by atoms with Crippen molar-refractivity contribution in [3.05, 3.63) is 42.0 Å². The molecule has 0 aliphatic carbocycles. The fraction of sp³-hybridized carbons (Fsp3) is 0.526. The van der Waals surface area contributed by atoms with Crippen LogP contribution in [0.2, 0.25) is 0 Å². The minimum atomic E-state index is -0.343. The minimum Gasteiger partial charge on any atom is -0.508 e. The predicted molar refractivity (Wildman–Crippen MR) is 90.1 cm³/mol. The Morgan fingerprint density at radius 3 is 2.36 bits per heavy atom. The van der Waals surface area contributed by atoms with Crippen LogP contribution in [0.3, 0.4) is 0 Å². The molecule has 1 aromatic carbocycles. The molecular weight excluding hydrogens is 276 g/mol. The number of unbranched alkanes of at least 4 members (excludes halogenated alkanes) is 6. The molecule has 1 N–H and O–H groups in total. The van der Waals surface area contributed by atoms with Gasteiger partial charge in [-0.3, -0.25) is 0 Å². The zero-order valence-electron chi connectivity index (χ0n) is 13.6. The zero-order chi connectivity index (χ0) is 16.0. The molecular formula is C19H28O3. The molecule has 0 unspecified atom stereocenters. The van der Waals surface area contributed by atoms with Crippen molar-refractivity contribution < 1.29 is 14.6 Å². The first-order valence-electron chi connectivity index (χ1n) is 8.35. The van der Waals surface area contributed by atoms with Gasteiger partial charge in [0, 0.05) is 0 Å². The number of esters is 1. The largest absolute Gasteiger partial charge is 0.508 e. The lowest BCUT2D eigenvalue weighted by Gasteiger charge is -2.03. The van der Waals surface area contributed by atoms with Gasteiger partial charge in [-0.25, -0.2) is 4.79 Å². The topological polar surface area (TPSA) is 46.5 Å². The van der Waals surface area contributed by atoms with Crippen LogP contribution in [-0.2, 0) is 4.74 Å². The highest BCUT2D eigenvalue weighted by atomic mass is 16.5. The monoisotopic (exact) mass is 304 g/mol. The van der Waals surface area contributed by atoms with Crippen LogP contribution in [-0.4, -0.2) is 17.7 Å². The maximum atomic E-state index is 11.7. The number of phenolic OH excluding ortho intramolecular Hbond substituents is 1. The summed E-state index contributed by atoms with van der Waals surface area (Å²) in [6, 6.07) is 6.09. The third kappa shape index (κ3) is 8.50. The molecule has 0 atom stereocenters. The van der Waals surface area contributed by atoms with E-state index in [0.29, 0.717) is 12.2 Å². The highest BCUT2D eigenvalue weighted by molar-refractivity contribution is 5.89. The van der Waals surface area contributed by atoms with Crippen molar-refractivity contribution in [3.63, 3.8) is 0 Å². The SMILES string of the molecule is CCCCCCCC/C=C/CCOC(=O)c1ccc(O)cc1. The Morgan fingerprint density at radius 1 is 1.00 bits per heavy atom. The van der Waals surface area contributed by atoms with E-state index >= 15 is 0 Å². The normalized spacial score (nSPS) is 11.0. The van der Waals surface area contributed by atoms with Gasteiger partial charge >= 0.3 is 5.97 Å². The molecule has 0 radical (unpaired) electrons. The summed E-state index contributed by atoms with van der Waals surface area (Å²) >= 11 is 0. The Balaban J connectivity index is 2.01. The number of aromatic hydroxyl groups is 1. The average Bonchev–Trinajstić information content (AvgIpc) is 2.53. The molecule has 1 rings (SSSR count). The summed E-state index contributed by atoms with van der Waals surface area (Å²) in [7, 11) is 0. The number of benzene rings is 1. The average molecular weight is 304 g/mol. The van der Waals surface area contributed by atoms with Gasteiger partial charge in [-0.05, 0) is 43.5 Å². The van der Waals surface area contributed by atoms with E-state index in [1.165, 1.54) is 50.7 Å². The van der Waals surface area contributed by atoms with Crippen LogP contribution >= 0.6 is 0 Å². The fourth-order valence-corrected chi connectivity index (χ4v) is 2.18. The van der Waals surface area contributed by atoms with E-state index in [9.17, 15) is 4.79 Å². The Labute approximate surface area is 134 Å². The number of hydrogen-bond acceptors (Lipinski definition) is 3. The zero-order valence-corrected chi connectivity index (χ0v) is 13.6. The van der Waals surface area contributed by atoms with Crippen molar-refractivity contribution in [3.8, 4) is 5.75 Å². The molecule has 1 aromatic rings. The molecule has 0 aliphatic rings. The first kappa shape index (κ1) is 18.3. The highest BCUT2D eigenvalue weighted by Crippen LogP contribution is 2.11. The van der Waals surface area contributed by atoms with Crippen LogP contribution in [0.4, 0.5) is 0 Å². The van der Waals surface area contributed by atoms with Crippen LogP contribution < -0.4 is 0 Å². The van der Waals surface area contributed by atoms with Crippen LogP contribution in [0.25, 0.3) is 0 Å².